The normalized spacial score (nSPS) is 9.27. The van der Waals surface area contributed by atoms with Crippen molar-refractivity contribution in [2.45, 2.75) is 12.5 Å². The highest BCUT2D eigenvalue weighted by Crippen LogP contribution is 2.03. The van der Waals surface area contributed by atoms with E-state index in [0.29, 0.717) is 15.7 Å². The van der Waals surface area contributed by atoms with E-state index in [-0.39, 0.29) is 11.5 Å². The minimum Gasteiger partial charge on any atom is -0.470 e. The van der Waals surface area contributed by atoms with E-state index >= 15 is 0 Å². The van der Waals surface area contributed by atoms with Crippen molar-refractivity contribution in [3.8, 4) is 0 Å². The molecular formula is C8H12O2Si. The molecule has 3 heteroatoms. The van der Waals surface area contributed by atoms with Crippen LogP contribution in [0, 0.1) is 0 Å². The molecule has 0 amide bonds. The molecule has 0 aliphatic heterocycles. The average Bonchev–Trinajstić information content (AvgIpc) is 1.98. The highest BCUT2D eigenvalue weighted by molar-refractivity contribution is 6.39. The van der Waals surface area contributed by atoms with Crippen molar-refractivity contribution in [1.82, 2.24) is 0 Å². The van der Waals surface area contributed by atoms with E-state index in [0.717, 1.165) is 0 Å². The molecule has 0 aliphatic carbocycles. The van der Waals surface area contributed by atoms with Gasteiger partial charge in [0.2, 0.25) is 0 Å². The Kier molecular flexibility index (Phi) is 5.47. The van der Waals surface area contributed by atoms with Crippen molar-refractivity contribution in [3.63, 3.8) is 0 Å². The third-order valence-corrected chi connectivity index (χ3v) is 2.36. The Morgan fingerprint density at radius 1 is 1.64 bits per heavy atom. The van der Waals surface area contributed by atoms with Crippen LogP contribution >= 0.6 is 0 Å². The molecule has 0 unspecified atom stereocenters. The summed E-state index contributed by atoms with van der Waals surface area (Å²) in [6.45, 7) is 8.65. The monoisotopic (exact) mass is 168 g/mol. The third kappa shape index (κ3) is 5.60. The van der Waals surface area contributed by atoms with Crippen LogP contribution in [-0.2, 0) is 9.53 Å². The fraction of sp³-hybridized carbons (Fsp3) is 0.375. The molecule has 0 bridgehead atoms. The highest BCUT2D eigenvalue weighted by atomic mass is 28.2. The smallest absolute Gasteiger partial charge is 0.302 e. The molecule has 0 rings (SSSR count). The molecule has 60 valence electrons. The lowest BCUT2D eigenvalue weighted by Gasteiger charge is -2.04. The highest BCUT2D eigenvalue weighted by Gasteiger charge is 2.00. The van der Waals surface area contributed by atoms with Gasteiger partial charge in [0, 0.05) is 6.92 Å². The Bertz CT molecular complexity index is 146. The molecule has 0 spiro atoms. The van der Waals surface area contributed by atoms with Crippen LogP contribution in [0.3, 0.4) is 0 Å². The standard InChI is InChI=1S/C8H12O2Si/c1-4-8(5-2)11-6-10-7(3)9/h4-5,8H,1-2,6H2,3H3. The maximum atomic E-state index is 10.3. The summed E-state index contributed by atoms with van der Waals surface area (Å²) < 4.78 is 4.75. The number of esters is 1. The lowest BCUT2D eigenvalue weighted by Crippen LogP contribution is -2.10. The number of hydrogen-bond acceptors (Lipinski definition) is 2. The first kappa shape index (κ1) is 10.2. The summed E-state index contributed by atoms with van der Waals surface area (Å²) in [5.74, 6) is -0.232. The van der Waals surface area contributed by atoms with Gasteiger partial charge in [-0.15, -0.1) is 13.2 Å². The minimum absolute atomic E-state index is 0.232. The van der Waals surface area contributed by atoms with Crippen molar-refractivity contribution in [2.24, 2.45) is 0 Å². The van der Waals surface area contributed by atoms with Crippen molar-refractivity contribution >= 4 is 15.5 Å². The quantitative estimate of drug-likeness (QED) is 0.352. The van der Waals surface area contributed by atoms with Gasteiger partial charge in [-0.3, -0.25) is 4.79 Å². The number of carbonyl (C=O) groups is 1. The third-order valence-electron chi connectivity index (χ3n) is 1.10. The Labute approximate surface area is 69.8 Å². The van der Waals surface area contributed by atoms with Gasteiger partial charge in [-0.05, 0) is 5.54 Å². The van der Waals surface area contributed by atoms with E-state index in [1.807, 2.05) is 0 Å². The van der Waals surface area contributed by atoms with Gasteiger partial charge in [-0.2, -0.15) is 0 Å². The molecule has 0 atom stereocenters. The van der Waals surface area contributed by atoms with Crippen molar-refractivity contribution < 1.29 is 9.53 Å². The SMILES string of the molecule is C=CC(C=C)[Si]COC(C)=O. The summed E-state index contributed by atoms with van der Waals surface area (Å²) in [6.07, 6.45) is 4.07. The molecule has 0 saturated carbocycles. The van der Waals surface area contributed by atoms with Crippen molar-refractivity contribution in [1.29, 1.82) is 0 Å². The second-order valence-corrected chi connectivity index (χ2v) is 3.35. The van der Waals surface area contributed by atoms with E-state index in [4.69, 9.17) is 4.74 Å². The minimum atomic E-state index is -0.232. The summed E-state index contributed by atoms with van der Waals surface area (Å²) in [5, 5.41) is 0. The first-order chi connectivity index (χ1) is 5.20. The van der Waals surface area contributed by atoms with Crippen LogP contribution in [0.2, 0.25) is 5.54 Å². The lowest BCUT2D eigenvalue weighted by atomic mass is 10.4. The fourth-order valence-electron chi connectivity index (χ4n) is 0.502. The number of carbonyl (C=O) groups excluding carboxylic acids is 1. The molecule has 0 heterocycles. The maximum Gasteiger partial charge on any atom is 0.302 e. The molecule has 0 aromatic carbocycles. The summed E-state index contributed by atoms with van der Waals surface area (Å²) in [6, 6.07) is 0. The summed E-state index contributed by atoms with van der Waals surface area (Å²) >= 11 is 0. The van der Waals surface area contributed by atoms with Crippen molar-refractivity contribution in [3.05, 3.63) is 25.3 Å². The summed E-state index contributed by atoms with van der Waals surface area (Å²) in [5.41, 5.74) is 0.273. The van der Waals surface area contributed by atoms with Gasteiger partial charge in [0.05, 0.1) is 6.23 Å². The largest absolute Gasteiger partial charge is 0.470 e. The van der Waals surface area contributed by atoms with Crippen LogP contribution in [-0.4, -0.2) is 21.7 Å². The van der Waals surface area contributed by atoms with Gasteiger partial charge >= 0.3 is 5.97 Å². The van der Waals surface area contributed by atoms with Gasteiger partial charge in [0.15, 0.2) is 0 Å². The first-order valence-corrected chi connectivity index (χ1v) is 4.61. The average molecular weight is 168 g/mol. The van der Waals surface area contributed by atoms with E-state index in [9.17, 15) is 4.79 Å². The van der Waals surface area contributed by atoms with Gasteiger partial charge in [-0.1, -0.05) is 12.2 Å². The molecule has 2 nitrogen and oxygen atoms in total. The molecule has 0 aromatic heterocycles. The van der Waals surface area contributed by atoms with Crippen molar-refractivity contribution in [2.75, 3.05) is 6.23 Å². The topological polar surface area (TPSA) is 26.3 Å². The van der Waals surface area contributed by atoms with Crippen LogP contribution < -0.4 is 0 Å². The molecule has 0 N–H and O–H groups in total. The summed E-state index contributed by atoms with van der Waals surface area (Å²) in [7, 11) is 0.537. The zero-order valence-electron chi connectivity index (χ0n) is 6.67. The van der Waals surface area contributed by atoms with Gasteiger partial charge in [-0.25, -0.2) is 0 Å². The number of ether oxygens (including phenoxy) is 1. The lowest BCUT2D eigenvalue weighted by molar-refractivity contribution is -0.139. The van der Waals surface area contributed by atoms with Crippen LogP contribution in [0.5, 0.6) is 0 Å². The molecular weight excluding hydrogens is 156 g/mol. The predicted octanol–water partition coefficient (Wildman–Crippen LogP) is 1.37. The van der Waals surface area contributed by atoms with Gasteiger partial charge in [0.1, 0.15) is 9.52 Å². The van der Waals surface area contributed by atoms with Gasteiger partial charge < -0.3 is 4.74 Å². The Morgan fingerprint density at radius 3 is 2.55 bits per heavy atom. The number of allylic oxidation sites excluding steroid dienone is 2. The zero-order chi connectivity index (χ0) is 8.69. The molecule has 11 heavy (non-hydrogen) atoms. The molecule has 2 radical (unpaired) electrons. The zero-order valence-corrected chi connectivity index (χ0v) is 7.67. The molecule has 0 aliphatic rings. The molecule has 0 fully saturated rings. The van der Waals surface area contributed by atoms with E-state index < -0.39 is 0 Å². The number of hydrogen-bond donors (Lipinski definition) is 0. The summed E-state index contributed by atoms with van der Waals surface area (Å²) in [4.78, 5) is 10.3. The van der Waals surface area contributed by atoms with Crippen LogP contribution in [0.25, 0.3) is 0 Å². The number of rotatable bonds is 5. The maximum absolute atomic E-state index is 10.3. The fourth-order valence-corrected chi connectivity index (χ4v) is 1.31. The van der Waals surface area contributed by atoms with Gasteiger partial charge in [0.25, 0.3) is 0 Å². The molecule has 0 saturated heterocycles. The van der Waals surface area contributed by atoms with E-state index in [1.165, 1.54) is 6.92 Å². The Hall–Kier alpha value is -0.833. The second kappa shape index (κ2) is 5.92. The first-order valence-electron chi connectivity index (χ1n) is 3.32. The van der Waals surface area contributed by atoms with Crippen LogP contribution in [0.15, 0.2) is 25.3 Å². The van der Waals surface area contributed by atoms with Crippen LogP contribution in [0.4, 0.5) is 0 Å². The molecule has 0 aromatic rings. The Balaban J connectivity index is 3.43. The predicted molar refractivity (Wildman–Crippen MR) is 46.5 cm³/mol. The van der Waals surface area contributed by atoms with Crippen LogP contribution in [0.1, 0.15) is 6.92 Å². The second-order valence-electron chi connectivity index (χ2n) is 1.98. The van der Waals surface area contributed by atoms with E-state index in [1.54, 1.807) is 12.2 Å². The van der Waals surface area contributed by atoms with E-state index in [2.05, 4.69) is 13.2 Å². The Morgan fingerprint density at radius 2 is 2.18 bits per heavy atom.